The SMILES string of the molecule is CCCCN1C(=O)CS(=O)c2ccc(C(C)=O)cc21. The first-order chi connectivity index (χ1) is 9.04. The fourth-order valence-corrected chi connectivity index (χ4v) is 3.26. The summed E-state index contributed by atoms with van der Waals surface area (Å²) in [7, 11) is -1.30. The smallest absolute Gasteiger partial charge is 0.240 e. The summed E-state index contributed by atoms with van der Waals surface area (Å²) in [5, 5.41) is 0. The molecule has 1 aliphatic heterocycles. The van der Waals surface area contributed by atoms with Gasteiger partial charge in [-0.2, -0.15) is 0 Å². The molecule has 0 bridgehead atoms. The Bertz CT molecular complexity index is 554. The molecule has 0 spiro atoms. The molecule has 1 heterocycles. The van der Waals surface area contributed by atoms with E-state index in [4.69, 9.17) is 0 Å². The molecular formula is C14H17NO3S. The van der Waals surface area contributed by atoms with E-state index >= 15 is 0 Å². The number of carbonyl (C=O) groups excluding carboxylic acids is 2. The van der Waals surface area contributed by atoms with E-state index in [1.807, 2.05) is 0 Å². The third-order valence-electron chi connectivity index (χ3n) is 3.19. The number of hydrogen-bond donors (Lipinski definition) is 0. The van der Waals surface area contributed by atoms with Gasteiger partial charge in [0.25, 0.3) is 0 Å². The molecule has 0 saturated carbocycles. The van der Waals surface area contributed by atoms with Crippen LogP contribution in [0.4, 0.5) is 5.69 Å². The number of hydrogen-bond acceptors (Lipinski definition) is 3. The van der Waals surface area contributed by atoms with E-state index < -0.39 is 10.8 Å². The standard InChI is InChI=1S/C14H17NO3S/c1-3-4-7-15-12-8-11(10(2)16)5-6-13(12)19(18)9-14(15)17/h5-6,8H,3-4,7,9H2,1-2H3. The summed E-state index contributed by atoms with van der Waals surface area (Å²) in [6.45, 7) is 4.15. The maximum Gasteiger partial charge on any atom is 0.240 e. The molecule has 0 radical (unpaired) electrons. The van der Waals surface area contributed by atoms with Crippen molar-refractivity contribution >= 4 is 28.2 Å². The van der Waals surface area contributed by atoms with Gasteiger partial charge in [-0.1, -0.05) is 19.4 Å². The Morgan fingerprint density at radius 2 is 2.16 bits per heavy atom. The largest absolute Gasteiger partial charge is 0.310 e. The molecule has 1 aromatic rings. The fraction of sp³-hybridized carbons (Fsp3) is 0.429. The minimum atomic E-state index is -1.30. The molecule has 2 rings (SSSR count). The fourth-order valence-electron chi connectivity index (χ4n) is 2.10. The molecule has 1 atom stereocenters. The Labute approximate surface area is 115 Å². The van der Waals surface area contributed by atoms with Crippen molar-refractivity contribution in [3.8, 4) is 0 Å². The zero-order valence-electron chi connectivity index (χ0n) is 11.1. The van der Waals surface area contributed by atoms with Crippen molar-refractivity contribution in [3.05, 3.63) is 23.8 Å². The summed E-state index contributed by atoms with van der Waals surface area (Å²) in [5.74, 6) is -0.141. The van der Waals surface area contributed by atoms with Gasteiger partial charge in [-0.25, -0.2) is 0 Å². The lowest BCUT2D eigenvalue weighted by Gasteiger charge is -2.29. The lowest BCUT2D eigenvalue weighted by molar-refractivity contribution is -0.116. The lowest BCUT2D eigenvalue weighted by atomic mass is 10.1. The normalized spacial score (nSPS) is 18.3. The van der Waals surface area contributed by atoms with Crippen LogP contribution in [-0.4, -0.2) is 28.2 Å². The number of ketones is 1. The molecule has 102 valence electrons. The van der Waals surface area contributed by atoms with Gasteiger partial charge in [0.05, 0.1) is 21.4 Å². The predicted octanol–water partition coefficient (Wildman–Crippen LogP) is 2.14. The van der Waals surface area contributed by atoms with Crippen LogP contribution in [0.15, 0.2) is 23.1 Å². The molecular weight excluding hydrogens is 262 g/mol. The van der Waals surface area contributed by atoms with Gasteiger partial charge >= 0.3 is 0 Å². The summed E-state index contributed by atoms with van der Waals surface area (Å²) in [6.07, 6.45) is 1.87. The number of fused-ring (bicyclic) bond motifs is 1. The van der Waals surface area contributed by atoms with Gasteiger partial charge in [0.2, 0.25) is 5.91 Å². The quantitative estimate of drug-likeness (QED) is 0.793. The second-order valence-electron chi connectivity index (χ2n) is 4.63. The van der Waals surface area contributed by atoms with Crippen LogP contribution in [0.3, 0.4) is 0 Å². The molecule has 0 fully saturated rings. The molecule has 4 nitrogen and oxygen atoms in total. The molecule has 0 aromatic heterocycles. The van der Waals surface area contributed by atoms with Gasteiger partial charge in [-0.3, -0.25) is 13.8 Å². The summed E-state index contributed by atoms with van der Waals surface area (Å²) in [4.78, 5) is 25.8. The predicted molar refractivity (Wildman–Crippen MR) is 75.0 cm³/mol. The van der Waals surface area contributed by atoms with Crippen LogP contribution < -0.4 is 4.90 Å². The highest BCUT2D eigenvalue weighted by molar-refractivity contribution is 7.86. The van der Waals surface area contributed by atoms with E-state index in [1.54, 1.807) is 23.1 Å². The number of Topliss-reactive ketones (excluding diaryl/α,β-unsaturated/α-hetero) is 1. The summed E-state index contributed by atoms with van der Waals surface area (Å²) in [5.41, 5.74) is 1.18. The van der Waals surface area contributed by atoms with Crippen LogP contribution in [-0.2, 0) is 15.6 Å². The Morgan fingerprint density at radius 1 is 1.42 bits per heavy atom. The van der Waals surface area contributed by atoms with Crippen molar-refractivity contribution in [2.24, 2.45) is 0 Å². The van der Waals surface area contributed by atoms with Gasteiger partial charge in [0.1, 0.15) is 5.75 Å². The van der Waals surface area contributed by atoms with E-state index in [9.17, 15) is 13.8 Å². The molecule has 0 N–H and O–H groups in total. The molecule has 1 unspecified atom stereocenters. The molecule has 1 aliphatic rings. The van der Waals surface area contributed by atoms with E-state index in [2.05, 4.69) is 6.92 Å². The van der Waals surface area contributed by atoms with Crippen molar-refractivity contribution in [1.29, 1.82) is 0 Å². The molecule has 1 amide bonds. The minimum absolute atomic E-state index is 0.0378. The topological polar surface area (TPSA) is 54.5 Å². The monoisotopic (exact) mass is 279 g/mol. The van der Waals surface area contributed by atoms with Crippen LogP contribution in [0.1, 0.15) is 37.0 Å². The van der Waals surface area contributed by atoms with Crippen LogP contribution in [0.25, 0.3) is 0 Å². The summed E-state index contributed by atoms with van der Waals surface area (Å²) < 4.78 is 12.0. The van der Waals surface area contributed by atoms with E-state index in [0.29, 0.717) is 22.7 Å². The van der Waals surface area contributed by atoms with Crippen LogP contribution in [0.5, 0.6) is 0 Å². The van der Waals surface area contributed by atoms with Crippen molar-refractivity contribution in [3.63, 3.8) is 0 Å². The lowest BCUT2D eigenvalue weighted by Crippen LogP contribution is -2.39. The third kappa shape index (κ3) is 2.76. The van der Waals surface area contributed by atoms with Crippen LogP contribution in [0, 0.1) is 0 Å². The Kier molecular flexibility index (Phi) is 4.14. The number of nitrogens with zero attached hydrogens (tertiary/aromatic N) is 1. The second-order valence-corrected chi connectivity index (χ2v) is 6.05. The Balaban J connectivity index is 2.46. The van der Waals surface area contributed by atoms with E-state index in [1.165, 1.54) is 6.92 Å². The molecule has 5 heteroatoms. The van der Waals surface area contributed by atoms with Gasteiger partial charge in [0.15, 0.2) is 5.78 Å². The minimum Gasteiger partial charge on any atom is -0.310 e. The average molecular weight is 279 g/mol. The number of amides is 1. The Morgan fingerprint density at radius 3 is 2.79 bits per heavy atom. The van der Waals surface area contributed by atoms with Gasteiger partial charge in [-0.15, -0.1) is 0 Å². The zero-order chi connectivity index (χ0) is 14.0. The van der Waals surface area contributed by atoms with Gasteiger partial charge in [0, 0.05) is 12.1 Å². The molecule has 19 heavy (non-hydrogen) atoms. The average Bonchev–Trinajstić information content (AvgIpc) is 2.37. The first-order valence-corrected chi connectivity index (χ1v) is 7.70. The zero-order valence-corrected chi connectivity index (χ0v) is 12.0. The van der Waals surface area contributed by atoms with Crippen molar-refractivity contribution in [2.45, 2.75) is 31.6 Å². The highest BCUT2D eigenvalue weighted by Gasteiger charge is 2.29. The molecule has 1 aromatic carbocycles. The van der Waals surface area contributed by atoms with Crippen LogP contribution >= 0.6 is 0 Å². The number of anilines is 1. The Hall–Kier alpha value is -1.49. The van der Waals surface area contributed by atoms with Gasteiger partial charge in [-0.05, 0) is 25.5 Å². The third-order valence-corrected chi connectivity index (χ3v) is 4.54. The summed E-state index contributed by atoms with van der Waals surface area (Å²) in [6, 6.07) is 5.06. The maximum absolute atomic E-state index is 12.0. The highest BCUT2D eigenvalue weighted by atomic mass is 32.2. The van der Waals surface area contributed by atoms with Crippen molar-refractivity contribution < 1.29 is 13.8 Å². The molecule has 0 saturated heterocycles. The molecule has 0 aliphatic carbocycles. The summed E-state index contributed by atoms with van der Waals surface area (Å²) >= 11 is 0. The van der Waals surface area contributed by atoms with E-state index in [-0.39, 0.29) is 17.4 Å². The van der Waals surface area contributed by atoms with Crippen LogP contribution in [0.2, 0.25) is 0 Å². The number of rotatable bonds is 4. The van der Waals surface area contributed by atoms with E-state index in [0.717, 1.165) is 12.8 Å². The number of carbonyl (C=O) groups is 2. The highest BCUT2D eigenvalue weighted by Crippen LogP contribution is 2.30. The number of benzene rings is 1. The first-order valence-electron chi connectivity index (χ1n) is 6.38. The second kappa shape index (κ2) is 5.65. The van der Waals surface area contributed by atoms with Gasteiger partial charge < -0.3 is 4.90 Å². The van der Waals surface area contributed by atoms with Crippen molar-refractivity contribution in [2.75, 3.05) is 17.2 Å². The first kappa shape index (κ1) is 13.9. The maximum atomic E-state index is 12.0. The van der Waals surface area contributed by atoms with Crippen molar-refractivity contribution in [1.82, 2.24) is 0 Å². The number of unbranched alkanes of at least 4 members (excludes halogenated alkanes) is 1.